The number of para-hydroxylation sites is 3. The number of nitrogens with zero attached hydrogens (tertiary/aromatic N) is 7. The number of imidazole rings is 1. The molecule has 1 unspecified atom stereocenters. The van der Waals surface area contributed by atoms with Crippen molar-refractivity contribution in [3.63, 3.8) is 0 Å². The molecule has 0 spiro atoms. The molecule has 7 nitrogen and oxygen atoms in total. The zero-order valence-corrected chi connectivity index (χ0v) is 25.6. The van der Waals surface area contributed by atoms with E-state index in [-0.39, 0.29) is 0 Å². The highest BCUT2D eigenvalue weighted by atomic mass is 28.3. The van der Waals surface area contributed by atoms with Gasteiger partial charge in [0.25, 0.3) is 0 Å². The zero-order valence-electron chi connectivity index (χ0n) is 24.6. The van der Waals surface area contributed by atoms with Crippen molar-refractivity contribution in [3.05, 3.63) is 152 Å². The predicted octanol–water partition coefficient (Wildman–Crippen LogP) is 4.69. The molecule has 46 heavy (non-hydrogen) atoms. The molecule has 0 fully saturated rings. The highest BCUT2D eigenvalue weighted by molar-refractivity contribution is 7.20. The summed E-state index contributed by atoms with van der Waals surface area (Å²) in [6.45, 7) is 0. The number of rotatable bonds is 5. The van der Waals surface area contributed by atoms with Crippen molar-refractivity contribution in [2.24, 2.45) is 0 Å². The van der Waals surface area contributed by atoms with Crippen LogP contribution < -0.4 is 21.0 Å². The van der Waals surface area contributed by atoms with Crippen molar-refractivity contribution in [2.45, 2.75) is 0 Å². The van der Waals surface area contributed by atoms with Crippen LogP contribution in [0.4, 0.5) is 0 Å². The minimum absolute atomic E-state index is 0.564. The average Bonchev–Trinajstić information content (AvgIpc) is 3.66. The second-order valence-electron chi connectivity index (χ2n) is 11.3. The first-order valence-corrected chi connectivity index (χ1v) is 17.1. The van der Waals surface area contributed by atoms with Gasteiger partial charge in [-0.15, -0.1) is 0 Å². The third-order valence-corrected chi connectivity index (χ3v) is 13.3. The number of benzene rings is 4. The summed E-state index contributed by atoms with van der Waals surface area (Å²) < 4.78 is 2.38. The monoisotopic (exact) mass is 607 g/mol. The van der Waals surface area contributed by atoms with Crippen LogP contribution in [-0.2, 0) is 0 Å². The van der Waals surface area contributed by atoms with Crippen LogP contribution in [0.3, 0.4) is 0 Å². The van der Waals surface area contributed by atoms with E-state index in [0.717, 1.165) is 33.2 Å². The third-order valence-electron chi connectivity index (χ3n) is 8.70. The van der Waals surface area contributed by atoms with E-state index >= 15 is 0 Å². The Bertz CT molecular complexity index is 2300. The fourth-order valence-corrected chi connectivity index (χ4v) is 11.5. The quantitative estimate of drug-likeness (QED) is 0.264. The fraction of sp³-hybridized carbons (Fsp3) is 0. The van der Waals surface area contributed by atoms with Crippen molar-refractivity contribution in [2.75, 3.05) is 0 Å². The van der Waals surface area contributed by atoms with Crippen molar-refractivity contribution in [1.29, 1.82) is 0 Å². The Labute approximate surface area is 266 Å². The SMILES string of the molecule is c1ccc([Si]2(c3ccc(-c4nc(-c5cccnc5)nc(-c5cccnc5)n4)cc3)c3ccccc3-n3c2nc2ccccc23)cc1. The Balaban J connectivity index is 1.25. The van der Waals surface area contributed by atoms with Crippen LogP contribution in [0.25, 0.3) is 50.9 Å². The molecule has 0 saturated carbocycles. The normalized spacial score (nSPS) is 15.0. The summed E-state index contributed by atoms with van der Waals surface area (Å²) >= 11 is 0. The average molecular weight is 608 g/mol. The smallest absolute Gasteiger partial charge is 0.226 e. The van der Waals surface area contributed by atoms with Crippen LogP contribution in [0.5, 0.6) is 0 Å². The van der Waals surface area contributed by atoms with Gasteiger partial charge in [-0.1, -0.05) is 84.9 Å². The van der Waals surface area contributed by atoms with Gasteiger partial charge in [-0.3, -0.25) is 14.5 Å². The van der Waals surface area contributed by atoms with E-state index < -0.39 is 8.07 Å². The van der Waals surface area contributed by atoms with Crippen molar-refractivity contribution < 1.29 is 0 Å². The van der Waals surface area contributed by atoms with Gasteiger partial charge < -0.3 is 0 Å². The summed E-state index contributed by atoms with van der Waals surface area (Å²) in [7, 11) is -2.78. The van der Waals surface area contributed by atoms with Crippen LogP contribution in [0.15, 0.2) is 152 Å². The van der Waals surface area contributed by atoms with Crippen molar-refractivity contribution >= 4 is 40.1 Å². The highest BCUT2D eigenvalue weighted by Crippen LogP contribution is 2.27. The van der Waals surface area contributed by atoms with Gasteiger partial charge in [-0.05, 0) is 58.0 Å². The van der Waals surface area contributed by atoms with Gasteiger partial charge in [-0.25, -0.2) is 19.9 Å². The van der Waals surface area contributed by atoms with Gasteiger partial charge in [0.05, 0.1) is 11.0 Å². The molecular weight excluding hydrogens is 583 g/mol. The van der Waals surface area contributed by atoms with E-state index in [9.17, 15) is 0 Å². The van der Waals surface area contributed by atoms with Gasteiger partial charge in [0.2, 0.25) is 8.07 Å². The molecule has 8 aromatic rings. The van der Waals surface area contributed by atoms with Gasteiger partial charge in [-0.2, -0.15) is 0 Å². The molecule has 9 rings (SSSR count). The Kier molecular flexibility index (Phi) is 6.00. The Morgan fingerprint density at radius 2 is 1.04 bits per heavy atom. The Hall–Kier alpha value is -6.12. The molecular formula is C38H25N7Si. The number of hydrogen-bond donors (Lipinski definition) is 0. The first-order chi connectivity index (χ1) is 22.8. The van der Waals surface area contributed by atoms with Gasteiger partial charge in [0.1, 0.15) is 5.45 Å². The number of hydrogen-bond acceptors (Lipinski definition) is 6. The molecule has 5 heterocycles. The molecule has 1 atom stereocenters. The lowest BCUT2D eigenvalue weighted by Gasteiger charge is -2.28. The summed E-state index contributed by atoms with van der Waals surface area (Å²) in [5.74, 6) is 1.72. The van der Waals surface area contributed by atoms with E-state index in [1.165, 1.54) is 21.2 Å². The Morgan fingerprint density at radius 1 is 0.457 bits per heavy atom. The van der Waals surface area contributed by atoms with Crippen LogP contribution in [0.2, 0.25) is 0 Å². The molecule has 0 bridgehead atoms. The van der Waals surface area contributed by atoms with Crippen LogP contribution >= 0.6 is 0 Å². The standard InChI is InChI=1S/C38H25N7Si/c1-2-12-29(13-3-1)46(34-17-7-6-16-33(34)45-32-15-5-4-14-31(32)41-38(45)46)30-20-18-26(19-21-30)35-42-36(27-10-8-22-39-24-27)44-37(43-35)28-11-9-23-40-25-28/h1-25H. The van der Waals surface area contributed by atoms with Gasteiger partial charge in [0, 0.05) is 47.2 Å². The molecule has 4 aromatic carbocycles. The molecule has 0 radical (unpaired) electrons. The third kappa shape index (κ3) is 3.97. The summed E-state index contributed by atoms with van der Waals surface area (Å²) in [4.78, 5) is 28.6. The minimum atomic E-state index is -2.78. The number of fused-ring (bicyclic) bond motifs is 5. The molecule has 216 valence electrons. The lowest BCUT2D eigenvalue weighted by molar-refractivity contribution is 1.07. The van der Waals surface area contributed by atoms with E-state index in [2.05, 4.69) is 118 Å². The fourth-order valence-electron chi connectivity index (χ4n) is 6.67. The van der Waals surface area contributed by atoms with Crippen molar-refractivity contribution in [1.82, 2.24) is 34.5 Å². The van der Waals surface area contributed by atoms with E-state index in [1.54, 1.807) is 24.8 Å². The molecule has 0 aliphatic carbocycles. The second kappa shape index (κ2) is 10.5. The lowest BCUT2D eigenvalue weighted by atomic mass is 10.2. The van der Waals surface area contributed by atoms with E-state index in [4.69, 9.17) is 19.9 Å². The largest absolute Gasteiger partial charge is 0.299 e. The maximum Gasteiger partial charge on any atom is 0.226 e. The molecule has 8 heteroatoms. The first-order valence-electron chi connectivity index (χ1n) is 15.1. The summed E-state index contributed by atoms with van der Waals surface area (Å²) in [5, 5.41) is 3.88. The Morgan fingerprint density at radius 3 is 1.72 bits per heavy atom. The van der Waals surface area contributed by atoms with Crippen molar-refractivity contribution in [3.8, 4) is 39.9 Å². The molecule has 1 aliphatic rings. The maximum absolute atomic E-state index is 5.37. The predicted molar refractivity (Wildman–Crippen MR) is 184 cm³/mol. The van der Waals surface area contributed by atoms with E-state index in [1.807, 2.05) is 24.3 Å². The second-order valence-corrected chi connectivity index (χ2v) is 14.9. The molecule has 4 aromatic heterocycles. The van der Waals surface area contributed by atoms with Crippen LogP contribution in [0, 0.1) is 0 Å². The molecule has 1 aliphatic heterocycles. The summed E-state index contributed by atoms with van der Waals surface area (Å²) in [6, 6.07) is 44.6. The molecule has 0 saturated heterocycles. The van der Waals surface area contributed by atoms with Gasteiger partial charge in [0.15, 0.2) is 17.5 Å². The number of aromatic nitrogens is 7. The zero-order chi connectivity index (χ0) is 30.5. The minimum Gasteiger partial charge on any atom is -0.299 e. The highest BCUT2D eigenvalue weighted by Gasteiger charge is 2.51. The van der Waals surface area contributed by atoms with E-state index in [0.29, 0.717) is 17.5 Å². The maximum atomic E-state index is 5.37. The summed E-state index contributed by atoms with van der Waals surface area (Å²) in [5.41, 5.74) is 7.00. The lowest BCUT2D eigenvalue weighted by Crippen LogP contribution is -2.73. The van der Waals surface area contributed by atoms with Gasteiger partial charge >= 0.3 is 0 Å². The van der Waals surface area contributed by atoms with Crippen LogP contribution in [0.1, 0.15) is 0 Å². The first kappa shape index (κ1) is 26.3. The van der Waals surface area contributed by atoms with Crippen LogP contribution in [-0.4, -0.2) is 42.5 Å². The summed E-state index contributed by atoms with van der Waals surface area (Å²) in [6.07, 6.45) is 7.03. The number of pyridine rings is 2. The topological polar surface area (TPSA) is 82.3 Å². The molecule has 0 amide bonds. The molecule has 0 N–H and O–H groups in total.